The topological polar surface area (TPSA) is 38.0 Å². The van der Waals surface area contributed by atoms with Crippen molar-refractivity contribution in [3.05, 3.63) is 22.2 Å². The molecule has 0 saturated heterocycles. The summed E-state index contributed by atoms with van der Waals surface area (Å²) < 4.78 is 0. The Morgan fingerprint density at radius 3 is 2.62 bits per heavy atom. The summed E-state index contributed by atoms with van der Waals surface area (Å²) in [5, 5.41) is 4.37. The second kappa shape index (κ2) is 4.72. The molecule has 0 amide bonds. The van der Waals surface area contributed by atoms with Crippen LogP contribution in [0.4, 0.5) is 11.4 Å². The van der Waals surface area contributed by atoms with E-state index in [1.165, 1.54) is 12.8 Å². The van der Waals surface area contributed by atoms with Crippen molar-refractivity contribution >= 4 is 34.6 Å². The lowest BCUT2D eigenvalue weighted by Crippen LogP contribution is -2.13. The van der Waals surface area contributed by atoms with Crippen LogP contribution in [0.5, 0.6) is 0 Å². The third-order valence-corrected chi connectivity index (χ3v) is 3.86. The zero-order chi connectivity index (χ0) is 11.7. The average molecular weight is 259 g/mol. The van der Waals surface area contributed by atoms with Gasteiger partial charge in [0.1, 0.15) is 0 Å². The van der Waals surface area contributed by atoms with Gasteiger partial charge in [-0.2, -0.15) is 0 Å². The first-order valence-electron chi connectivity index (χ1n) is 5.56. The first kappa shape index (κ1) is 11.9. The molecular formula is C12H16Cl2N2. The van der Waals surface area contributed by atoms with Crippen LogP contribution in [0.25, 0.3) is 0 Å². The Labute approximate surface area is 106 Å². The first-order chi connectivity index (χ1) is 7.58. The van der Waals surface area contributed by atoms with Gasteiger partial charge in [0.05, 0.1) is 21.4 Å². The summed E-state index contributed by atoms with van der Waals surface area (Å²) in [6, 6.07) is 3.48. The van der Waals surface area contributed by atoms with Crippen LogP contribution in [0.1, 0.15) is 19.8 Å². The zero-order valence-corrected chi connectivity index (χ0v) is 10.8. The molecule has 1 fully saturated rings. The quantitative estimate of drug-likeness (QED) is 0.801. The summed E-state index contributed by atoms with van der Waals surface area (Å²) in [5.74, 6) is 1.57. The largest absolute Gasteiger partial charge is 0.397 e. The van der Waals surface area contributed by atoms with Crippen LogP contribution < -0.4 is 11.1 Å². The van der Waals surface area contributed by atoms with Gasteiger partial charge in [0.15, 0.2) is 0 Å². The number of benzene rings is 1. The molecule has 1 aliphatic rings. The maximum absolute atomic E-state index is 5.95. The molecule has 1 aliphatic carbocycles. The summed E-state index contributed by atoms with van der Waals surface area (Å²) >= 11 is 11.8. The molecule has 0 radical (unpaired) electrons. The fraction of sp³-hybridized carbons (Fsp3) is 0.500. The number of halogens is 2. The monoisotopic (exact) mass is 258 g/mol. The maximum atomic E-state index is 5.95. The van der Waals surface area contributed by atoms with Crippen molar-refractivity contribution in [3.8, 4) is 0 Å². The lowest BCUT2D eigenvalue weighted by Gasteiger charge is -2.14. The van der Waals surface area contributed by atoms with Gasteiger partial charge in [0.25, 0.3) is 0 Å². The number of hydrogen-bond donors (Lipinski definition) is 2. The fourth-order valence-electron chi connectivity index (χ4n) is 1.82. The highest BCUT2D eigenvalue weighted by atomic mass is 35.5. The summed E-state index contributed by atoms with van der Waals surface area (Å²) in [6.45, 7) is 3.20. The van der Waals surface area contributed by atoms with E-state index in [1.54, 1.807) is 12.1 Å². The van der Waals surface area contributed by atoms with E-state index in [-0.39, 0.29) is 0 Å². The van der Waals surface area contributed by atoms with Crippen LogP contribution in [0, 0.1) is 11.8 Å². The Bertz CT molecular complexity index is 389. The van der Waals surface area contributed by atoms with Gasteiger partial charge in [-0.25, -0.2) is 0 Å². The molecule has 2 rings (SSSR count). The zero-order valence-electron chi connectivity index (χ0n) is 9.26. The van der Waals surface area contributed by atoms with Crippen molar-refractivity contribution in [1.29, 1.82) is 0 Å². The highest BCUT2D eigenvalue weighted by Gasteiger charge is 2.27. The molecule has 0 aliphatic heterocycles. The Morgan fingerprint density at radius 2 is 2.00 bits per heavy atom. The molecule has 1 aromatic rings. The Kier molecular flexibility index (Phi) is 3.50. The van der Waals surface area contributed by atoms with Crippen molar-refractivity contribution < 1.29 is 0 Å². The molecule has 1 atom stereocenters. The van der Waals surface area contributed by atoms with Crippen LogP contribution in [-0.4, -0.2) is 6.54 Å². The highest BCUT2D eigenvalue weighted by Crippen LogP contribution is 2.37. The molecule has 0 heterocycles. The molecule has 0 bridgehead atoms. The van der Waals surface area contributed by atoms with Gasteiger partial charge in [-0.05, 0) is 36.8 Å². The van der Waals surface area contributed by atoms with E-state index >= 15 is 0 Å². The fourth-order valence-corrected chi connectivity index (χ4v) is 2.15. The summed E-state index contributed by atoms with van der Waals surface area (Å²) in [7, 11) is 0. The van der Waals surface area contributed by atoms with Crippen LogP contribution in [0.3, 0.4) is 0 Å². The summed E-state index contributed by atoms with van der Waals surface area (Å²) in [6.07, 6.45) is 2.72. The van der Waals surface area contributed by atoms with E-state index in [2.05, 4.69) is 12.2 Å². The standard InChI is InChI=1S/C12H16Cl2N2/c1-7(8-2-3-8)6-16-12-5-10(14)9(13)4-11(12)15/h4-5,7-8,16H,2-3,6,15H2,1H3. The lowest BCUT2D eigenvalue weighted by molar-refractivity contribution is 0.537. The molecule has 3 N–H and O–H groups in total. The summed E-state index contributed by atoms with van der Waals surface area (Å²) in [5.41, 5.74) is 7.39. The highest BCUT2D eigenvalue weighted by molar-refractivity contribution is 6.42. The molecule has 16 heavy (non-hydrogen) atoms. The molecule has 4 heteroatoms. The van der Waals surface area contributed by atoms with Crippen LogP contribution in [-0.2, 0) is 0 Å². The summed E-state index contributed by atoms with van der Waals surface area (Å²) in [4.78, 5) is 0. The minimum atomic E-state index is 0.500. The van der Waals surface area contributed by atoms with E-state index in [1.807, 2.05) is 0 Å². The van der Waals surface area contributed by atoms with E-state index in [9.17, 15) is 0 Å². The van der Waals surface area contributed by atoms with Gasteiger partial charge < -0.3 is 11.1 Å². The van der Waals surface area contributed by atoms with Gasteiger partial charge in [-0.15, -0.1) is 0 Å². The van der Waals surface area contributed by atoms with E-state index in [0.717, 1.165) is 18.2 Å². The van der Waals surface area contributed by atoms with Crippen molar-refractivity contribution in [2.45, 2.75) is 19.8 Å². The van der Waals surface area contributed by atoms with Gasteiger partial charge in [0.2, 0.25) is 0 Å². The number of anilines is 2. The Balaban J connectivity index is 2.00. The second-order valence-electron chi connectivity index (χ2n) is 4.55. The van der Waals surface area contributed by atoms with Gasteiger partial charge in [-0.3, -0.25) is 0 Å². The predicted octanol–water partition coefficient (Wildman–Crippen LogP) is 4.03. The van der Waals surface area contributed by atoms with E-state index < -0.39 is 0 Å². The molecule has 1 aromatic carbocycles. The predicted molar refractivity (Wildman–Crippen MR) is 71.3 cm³/mol. The SMILES string of the molecule is CC(CNc1cc(Cl)c(Cl)cc1N)C1CC1. The van der Waals surface area contributed by atoms with Gasteiger partial charge >= 0.3 is 0 Å². The number of nitrogens with one attached hydrogen (secondary N) is 1. The third kappa shape index (κ3) is 2.74. The number of rotatable bonds is 4. The first-order valence-corrected chi connectivity index (χ1v) is 6.32. The van der Waals surface area contributed by atoms with Crippen molar-refractivity contribution in [2.24, 2.45) is 11.8 Å². The van der Waals surface area contributed by atoms with E-state index in [4.69, 9.17) is 28.9 Å². The molecular weight excluding hydrogens is 243 g/mol. The number of hydrogen-bond acceptors (Lipinski definition) is 2. The molecule has 0 spiro atoms. The smallest absolute Gasteiger partial charge is 0.0614 e. The van der Waals surface area contributed by atoms with Crippen molar-refractivity contribution in [1.82, 2.24) is 0 Å². The maximum Gasteiger partial charge on any atom is 0.0614 e. The minimum Gasteiger partial charge on any atom is -0.397 e. The number of nitrogens with two attached hydrogens (primary N) is 1. The minimum absolute atomic E-state index is 0.500. The molecule has 2 nitrogen and oxygen atoms in total. The normalized spacial score (nSPS) is 17.2. The molecule has 88 valence electrons. The molecule has 1 saturated carbocycles. The van der Waals surface area contributed by atoms with Crippen LogP contribution in [0.15, 0.2) is 12.1 Å². The van der Waals surface area contributed by atoms with Crippen molar-refractivity contribution in [3.63, 3.8) is 0 Å². The second-order valence-corrected chi connectivity index (χ2v) is 5.36. The molecule has 1 unspecified atom stereocenters. The van der Waals surface area contributed by atoms with Crippen LogP contribution in [0.2, 0.25) is 10.0 Å². The van der Waals surface area contributed by atoms with Gasteiger partial charge in [-0.1, -0.05) is 30.1 Å². The molecule has 0 aromatic heterocycles. The number of nitrogen functional groups attached to an aromatic ring is 1. The third-order valence-electron chi connectivity index (χ3n) is 3.13. The van der Waals surface area contributed by atoms with E-state index in [0.29, 0.717) is 21.7 Å². The Morgan fingerprint density at radius 1 is 1.38 bits per heavy atom. The van der Waals surface area contributed by atoms with Crippen molar-refractivity contribution in [2.75, 3.05) is 17.6 Å². The van der Waals surface area contributed by atoms with Crippen LogP contribution >= 0.6 is 23.2 Å². The lowest BCUT2D eigenvalue weighted by atomic mass is 10.1. The average Bonchev–Trinajstić information content (AvgIpc) is 3.04. The Hall–Kier alpha value is -0.600. The van der Waals surface area contributed by atoms with Gasteiger partial charge in [0, 0.05) is 6.54 Å².